The van der Waals surface area contributed by atoms with Crippen LogP contribution in [0.25, 0.3) is 10.2 Å². The fourth-order valence-electron chi connectivity index (χ4n) is 2.55. The third-order valence-electron chi connectivity index (χ3n) is 3.79. The molecule has 1 amide bonds. The van der Waals surface area contributed by atoms with Crippen LogP contribution in [0.2, 0.25) is 5.02 Å². The SMILES string of the molecule is O=C(Nc1nc2ccc(Cl)cc2s1)c1cc(N2CCOCC2)ncn1. The van der Waals surface area contributed by atoms with Crippen LogP contribution in [0.5, 0.6) is 0 Å². The number of fused-ring (bicyclic) bond motifs is 1. The zero-order valence-corrected chi connectivity index (χ0v) is 14.7. The van der Waals surface area contributed by atoms with Gasteiger partial charge in [-0.2, -0.15) is 0 Å². The smallest absolute Gasteiger partial charge is 0.276 e. The first-order chi connectivity index (χ1) is 12.2. The Balaban J connectivity index is 1.53. The van der Waals surface area contributed by atoms with Gasteiger partial charge >= 0.3 is 0 Å². The van der Waals surface area contributed by atoms with Gasteiger partial charge in [0.1, 0.15) is 17.8 Å². The van der Waals surface area contributed by atoms with Gasteiger partial charge < -0.3 is 9.64 Å². The molecular weight excluding hydrogens is 362 g/mol. The van der Waals surface area contributed by atoms with Crippen molar-refractivity contribution in [3.05, 3.63) is 41.3 Å². The summed E-state index contributed by atoms with van der Waals surface area (Å²) in [4.78, 5) is 27.3. The number of rotatable bonds is 3. The van der Waals surface area contributed by atoms with Crippen LogP contribution >= 0.6 is 22.9 Å². The van der Waals surface area contributed by atoms with Crippen LogP contribution in [0.1, 0.15) is 10.5 Å². The van der Waals surface area contributed by atoms with E-state index >= 15 is 0 Å². The average Bonchev–Trinajstić information content (AvgIpc) is 3.04. The summed E-state index contributed by atoms with van der Waals surface area (Å²) in [7, 11) is 0. The number of hydrogen-bond acceptors (Lipinski definition) is 7. The molecule has 1 aliphatic heterocycles. The number of morpholine rings is 1. The molecule has 0 unspecified atom stereocenters. The van der Waals surface area contributed by atoms with Crippen LogP contribution in [-0.2, 0) is 4.74 Å². The number of hydrogen-bond donors (Lipinski definition) is 1. The molecule has 0 spiro atoms. The highest BCUT2D eigenvalue weighted by Gasteiger charge is 2.16. The van der Waals surface area contributed by atoms with Crippen LogP contribution in [0, 0.1) is 0 Å². The van der Waals surface area contributed by atoms with E-state index in [1.165, 1.54) is 17.7 Å². The molecule has 0 saturated carbocycles. The van der Waals surface area contributed by atoms with Crippen LogP contribution < -0.4 is 10.2 Å². The number of anilines is 2. The van der Waals surface area contributed by atoms with Crippen molar-refractivity contribution in [3.63, 3.8) is 0 Å². The van der Waals surface area contributed by atoms with Crippen molar-refractivity contribution < 1.29 is 9.53 Å². The lowest BCUT2D eigenvalue weighted by Crippen LogP contribution is -2.37. The standard InChI is InChI=1S/C16H14ClN5O2S/c17-10-1-2-11-13(7-10)25-16(20-11)21-15(23)12-8-14(19-9-18-12)22-3-5-24-6-4-22/h1-2,7-9H,3-6H2,(H,20,21,23). The molecule has 25 heavy (non-hydrogen) atoms. The van der Waals surface area contributed by atoms with Crippen molar-refractivity contribution in [2.45, 2.75) is 0 Å². The molecule has 1 saturated heterocycles. The molecule has 9 heteroatoms. The Kier molecular flexibility index (Phi) is 4.48. The third kappa shape index (κ3) is 3.55. The van der Waals surface area contributed by atoms with Gasteiger partial charge in [0.15, 0.2) is 5.13 Å². The Hall–Kier alpha value is -2.29. The summed E-state index contributed by atoms with van der Waals surface area (Å²) < 4.78 is 6.25. The van der Waals surface area contributed by atoms with Gasteiger partial charge in [-0.15, -0.1) is 0 Å². The number of nitrogens with zero attached hydrogens (tertiary/aromatic N) is 4. The number of halogens is 1. The molecule has 0 bridgehead atoms. The summed E-state index contributed by atoms with van der Waals surface area (Å²) in [6.07, 6.45) is 1.40. The van der Waals surface area contributed by atoms with Crippen molar-refractivity contribution >= 4 is 50.0 Å². The van der Waals surface area contributed by atoms with Crippen molar-refractivity contribution in [2.75, 3.05) is 36.5 Å². The van der Waals surface area contributed by atoms with Gasteiger partial charge in [0.2, 0.25) is 0 Å². The highest BCUT2D eigenvalue weighted by Crippen LogP contribution is 2.28. The largest absolute Gasteiger partial charge is 0.378 e. The van der Waals surface area contributed by atoms with Crippen molar-refractivity contribution in [2.24, 2.45) is 0 Å². The molecular formula is C16H14ClN5O2S. The van der Waals surface area contributed by atoms with Crippen LogP contribution in [0.3, 0.4) is 0 Å². The van der Waals surface area contributed by atoms with E-state index in [0.717, 1.165) is 29.1 Å². The number of nitrogens with one attached hydrogen (secondary N) is 1. The van der Waals surface area contributed by atoms with Crippen molar-refractivity contribution in [1.82, 2.24) is 15.0 Å². The van der Waals surface area contributed by atoms with E-state index in [1.54, 1.807) is 12.1 Å². The van der Waals surface area contributed by atoms with E-state index < -0.39 is 0 Å². The lowest BCUT2D eigenvalue weighted by Gasteiger charge is -2.27. The Morgan fingerprint density at radius 1 is 1.24 bits per heavy atom. The number of ether oxygens (including phenoxy) is 1. The zero-order chi connectivity index (χ0) is 17.2. The molecule has 3 heterocycles. The number of aromatic nitrogens is 3. The second-order valence-corrected chi connectivity index (χ2v) is 6.91. The van der Waals surface area contributed by atoms with Crippen LogP contribution in [-0.4, -0.2) is 47.2 Å². The molecule has 1 aromatic carbocycles. The molecule has 1 fully saturated rings. The lowest BCUT2D eigenvalue weighted by atomic mass is 10.3. The Bertz CT molecular complexity index is 926. The van der Waals surface area contributed by atoms with Gasteiger partial charge in [0.05, 0.1) is 23.4 Å². The van der Waals surface area contributed by atoms with Gasteiger partial charge in [0, 0.05) is 24.2 Å². The number of carbonyl (C=O) groups is 1. The first-order valence-electron chi connectivity index (χ1n) is 7.71. The molecule has 4 rings (SSSR count). The normalized spacial score (nSPS) is 14.7. The topological polar surface area (TPSA) is 80.2 Å². The fourth-order valence-corrected chi connectivity index (χ4v) is 3.69. The minimum atomic E-state index is -0.318. The molecule has 7 nitrogen and oxygen atoms in total. The molecule has 1 aliphatic rings. The van der Waals surface area contributed by atoms with E-state index in [9.17, 15) is 4.79 Å². The van der Waals surface area contributed by atoms with E-state index in [0.29, 0.717) is 29.1 Å². The van der Waals surface area contributed by atoms with E-state index in [2.05, 4.69) is 25.2 Å². The molecule has 128 valence electrons. The van der Waals surface area contributed by atoms with Gasteiger partial charge in [0.25, 0.3) is 5.91 Å². The maximum Gasteiger partial charge on any atom is 0.276 e. The van der Waals surface area contributed by atoms with Crippen LogP contribution in [0.15, 0.2) is 30.6 Å². The van der Waals surface area contributed by atoms with Gasteiger partial charge in [-0.05, 0) is 18.2 Å². The maximum absolute atomic E-state index is 12.5. The van der Waals surface area contributed by atoms with Crippen molar-refractivity contribution in [1.29, 1.82) is 0 Å². The second kappa shape index (κ2) is 6.91. The van der Waals surface area contributed by atoms with E-state index in [-0.39, 0.29) is 5.91 Å². The number of thiazole rings is 1. The quantitative estimate of drug-likeness (QED) is 0.758. The maximum atomic E-state index is 12.5. The van der Waals surface area contributed by atoms with Crippen LogP contribution in [0.4, 0.5) is 10.9 Å². The highest BCUT2D eigenvalue weighted by molar-refractivity contribution is 7.22. The summed E-state index contributed by atoms with van der Waals surface area (Å²) in [5.41, 5.74) is 1.09. The zero-order valence-electron chi connectivity index (χ0n) is 13.1. The summed E-state index contributed by atoms with van der Waals surface area (Å²) in [5.74, 6) is 0.404. The predicted octanol–water partition coefficient (Wildman–Crippen LogP) is 2.83. The summed E-state index contributed by atoms with van der Waals surface area (Å²) >= 11 is 7.35. The molecule has 0 radical (unpaired) electrons. The minimum absolute atomic E-state index is 0.300. The van der Waals surface area contributed by atoms with Crippen molar-refractivity contribution in [3.8, 4) is 0 Å². The molecule has 2 aromatic heterocycles. The molecule has 3 aromatic rings. The third-order valence-corrected chi connectivity index (χ3v) is 4.96. The predicted molar refractivity (Wildman–Crippen MR) is 97.6 cm³/mol. The first-order valence-corrected chi connectivity index (χ1v) is 8.91. The number of carbonyl (C=O) groups excluding carboxylic acids is 1. The monoisotopic (exact) mass is 375 g/mol. The Morgan fingerprint density at radius 2 is 2.08 bits per heavy atom. The summed E-state index contributed by atoms with van der Waals surface area (Å²) in [6.45, 7) is 2.80. The Morgan fingerprint density at radius 3 is 2.92 bits per heavy atom. The van der Waals surface area contributed by atoms with Gasteiger partial charge in [-0.3, -0.25) is 10.1 Å². The minimum Gasteiger partial charge on any atom is -0.378 e. The lowest BCUT2D eigenvalue weighted by molar-refractivity contribution is 0.102. The van der Waals surface area contributed by atoms with Gasteiger partial charge in [-0.25, -0.2) is 15.0 Å². The molecule has 0 atom stereocenters. The molecule has 0 aliphatic carbocycles. The summed E-state index contributed by atoms with van der Waals surface area (Å²) in [5, 5.41) is 3.94. The highest BCUT2D eigenvalue weighted by atomic mass is 35.5. The Labute approximate surface area is 152 Å². The average molecular weight is 376 g/mol. The number of amides is 1. The number of benzene rings is 1. The van der Waals surface area contributed by atoms with E-state index in [4.69, 9.17) is 16.3 Å². The first kappa shape index (κ1) is 16.2. The molecule has 1 N–H and O–H groups in total. The fraction of sp³-hybridized carbons (Fsp3) is 0.250. The second-order valence-electron chi connectivity index (χ2n) is 5.45. The van der Waals surface area contributed by atoms with Gasteiger partial charge in [-0.1, -0.05) is 22.9 Å². The van der Waals surface area contributed by atoms with E-state index in [1.807, 2.05) is 12.1 Å². The summed E-state index contributed by atoms with van der Waals surface area (Å²) in [6, 6.07) is 7.11.